The van der Waals surface area contributed by atoms with E-state index in [4.69, 9.17) is 0 Å². The lowest BCUT2D eigenvalue weighted by Crippen LogP contribution is -2.21. The van der Waals surface area contributed by atoms with Crippen LogP contribution in [0.3, 0.4) is 0 Å². The molecule has 1 heterocycles. The van der Waals surface area contributed by atoms with E-state index in [-0.39, 0.29) is 16.6 Å². The normalized spacial score (nSPS) is 12.4. The molecule has 0 bridgehead atoms. The molecule has 0 atom stereocenters. The second kappa shape index (κ2) is 7.42. The lowest BCUT2D eigenvalue weighted by Gasteiger charge is -2.30. The van der Waals surface area contributed by atoms with Crippen LogP contribution in [0.15, 0.2) is 48.7 Å². The van der Waals surface area contributed by atoms with Gasteiger partial charge in [-0.05, 0) is 35.3 Å². The number of rotatable bonds is 6. The van der Waals surface area contributed by atoms with E-state index in [9.17, 15) is 5.11 Å². The van der Waals surface area contributed by atoms with Gasteiger partial charge < -0.3 is 5.11 Å². The standard InChI is InChI=1S/C24H31N3O/c1-7-23(3,4)18-14-19(24(5,6)8-2)22(28)21(15-18)27-25-16-20(26-27)17-12-10-9-11-13-17/h9-16,28H,7-8H2,1-6H3. The van der Waals surface area contributed by atoms with E-state index in [1.165, 1.54) is 5.56 Å². The van der Waals surface area contributed by atoms with Crippen LogP contribution >= 0.6 is 0 Å². The summed E-state index contributed by atoms with van der Waals surface area (Å²) in [6.45, 7) is 13.1. The van der Waals surface area contributed by atoms with Gasteiger partial charge in [-0.15, -0.1) is 9.90 Å². The van der Waals surface area contributed by atoms with Gasteiger partial charge in [0.2, 0.25) is 0 Å². The number of aromatic nitrogens is 3. The van der Waals surface area contributed by atoms with Crippen molar-refractivity contribution in [2.24, 2.45) is 0 Å². The Morgan fingerprint density at radius 1 is 0.929 bits per heavy atom. The average Bonchev–Trinajstić information content (AvgIpc) is 3.18. The van der Waals surface area contributed by atoms with Crippen LogP contribution < -0.4 is 0 Å². The fraction of sp³-hybridized carbons (Fsp3) is 0.417. The first-order chi connectivity index (χ1) is 13.2. The average molecular weight is 378 g/mol. The minimum Gasteiger partial charge on any atom is -0.505 e. The maximum absolute atomic E-state index is 11.2. The van der Waals surface area contributed by atoms with Crippen LogP contribution in [0.25, 0.3) is 16.9 Å². The highest BCUT2D eigenvalue weighted by Gasteiger charge is 2.29. The highest BCUT2D eigenvalue weighted by molar-refractivity contribution is 5.59. The lowest BCUT2D eigenvalue weighted by atomic mass is 9.76. The van der Waals surface area contributed by atoms with Crippen molar-refractivity contribution in [3.05, 3.63) is 59.8 Å². The monoisotopic (exact) mass is 377 g/mol. The molecule has 0 aliphatic heterocycles. The molecule has 0 amide bonds. The maximum atomic E-state index is 11.2. The smallest absolute Gasteiger partial charge is 0.146 e. The van der Waals surface area contributed by atoms with E-state index in [0.717, 1.165) is 29.7 Å². The van der Waals surface area contributed by atoms with Crippen molar-refractivity contribution in [3.63, 3.8) is 0 Å². The quantitative estimate of drug-likeness (QED) is 0.572. The van der Waals surface area contributed by atoms with Gasteiger partial charge in [0, 0.05) is 11.1 Å². The summed E-state index contributed by atoms with van der Waals surface area (Å²) in [5.74, 6) is 0.262. The number of hydrogen-bond acceptors (Lipinski definition) is 3. The summed E-state index contributed by atoms with van der Waals surface area (Å²) in [7, 11) is 0. The van der Waals surface area contributed by atoms with Gasteiger partial charge >= 0.3 is 0 Å². The topological polar surface area (TPSA) is 50.9 Å². The van der Waals surface area contributed by atoms with Crippen molar-refractivity contribution in [1.82, 2.24) is 15.0 Å². The molecule has 28 heavy (non-hydrogen) atoms. The molecular formula is C24H31N3O. The highest BCUT2D eigenvalue weighted by atomic mass is 16.3. The van der Waals surface area contributed by atoms with Crippen molar-refractivity contribution in [2.75, 3.05) is 0 Å². The first-order valence-electron chi connectivity index (χ1n) is 10.1. The summed E-state index contributed by atoms with van der Waals surface area (Å²) in [6, 6.07) is 14.2. The zero-order valence-corrected chi connectivity index (χ0v) is 17.8. The molecule has 0 radical (unpaired) electrons. The molecule has 4 nitrogen and oxygen atoms in total. The second-order valence-corrected chi connectivity index (χ2v) is 8.75. The zero-order valence-electron chi connectivity index (χ0n) is 17.8. The van der Waals surface area contributed by atoms with Gasteiger partial charge in [0.15, 0.2) is 0 Å². The van der Waals surface area contributed by atoms with Crippen LogP contribution in [0.4, 0.5) is 0 Å². The minimum absolute atomic E-state index is 0.00354. The summed E-state index contributed by atoms with van der Waals surface area (Å²) in [6.07, 6.45) is 3.68. The molecule has 2 aromatic carbocycles. The molecule has 0 aliphatic carbocycles. The van der Waals surface area contributed by atoms with Crippen molar-refractivity contribution < 1.29 is 5.11 Å². The van der Waals surface area contributed by atoms with E-state index >= 15 is 0 Å². The molecule has 0 saturated carbocycles. The molecule has 3 aromatic rings. The number of phenolic OH excluding ortho intramolecular Hbond substituents is 1. The zero-order chi connectivity index (χ0) is 20.5. The third kappa shape index (κ3) is 3.68. The Hall–Kier alpha value is -2.62. The summed E-state index contributed by atoms with van der Waals surface area (Å²) in [4.78, 5) is 1.56. The molecule has 3 rings (SSSR count). The largest absolute Gasteiger partial charge is 0.505 e. The van der Waals surface area contributed by atoms with Crippen LogP contribution in [0.5, 0.6) is 5.75 Å². The van der Waals surface area contributed by atoms with Gasteiger partial charge in [0.1, 0.15) is 17.1 Å². The third-order valence-corrected chi connectivity index (χ3v) is 6.15. The van der Waals surface area contributed by atoms with Crippen molar-refractivity contribution in [2.45, 2.75) is 65.2 Å². The van der Waals surface area contributed by atoms with E-state index in [0.29, 0.717) is 5.69 Å². The summed E-state index contributed by atoms with van der Waals surface area (Å²) in [5.41, 5.74) is 4.42. The fourth-order valence-corrected chi connectivity index (χ4v) is 3.19. The number of phenols is 1. The van der Waals surface area contributed by atoms with Crippen LogP contribution in [0, 0.1) is 0 Å². The summed E-state index contributed by atoms with van der Waals surface area (Å²) >= 11 is 0. The van der Waals surface area contributed by atoms with Gasteiger partial charge in [-0.3, -0.25) is 0 Å². The first kappa shape index (κ1) is 20.1. The van der Waals surface area contributed by atoms with E-state index in [1.54, 1.807) is 11.0 Å². The van der Waals surface area contributed by atoms with Crippen LogP contribution in [0.2, 0.25) is 0 Å². The number of aromatic hydroxyl groups is 1. The molecule has 0 spiro atoms. The molecule has 1 N–H and O–H groups in total. The van der Waals surface area contributed by atoms with Gasteiger partial charge in [0.25, 0.3) is 0 Å². The molecule has 0 aliphatic rings. The third-order valence-electron chi connectivity index (χ3n) is 6.15. The lowest BCUT2D eigenvalue weighted by molar-refractivity contribution is 0.419. The highest BCUT2D eigenvalue weighted by Crippen LogP contribution is 2.41. The Labute approximate surface area is 168 Å². The predicted molar refractivity (Wildman–Crippen MR) is 115 cm³/mol. The number of benzene rings is 2. The molecule has 4 heteroatoms. The number of nitrogens with zero attached hydrogens (tertiary/aromatic N) is 3. The van der Waals surface area contributed by atoms with E-state index < -0.39 is 0 Å². The van der Waals surface area contributed by atoms with Gasteiger partial charge in [-0.2, -0.15) is 5.10 Å². The van der Waals surface area contributed by atoms with Crippen LogP contribution in [-0.2, 0) is 10.8 Å². The Bertz CT molecular complexity index is 955. The molecule has 0 saturated heterocycles. The summed E-state index contributed by atoms with van der Waals surface area (Å²) in [5, 5.41) is 20.3. The van der Waals surface area contributed by atoms with E-state index in [2.05, 4.69) is 57.8 Å². The van der Waals surface area contributed by atoms with E-state index in [1.807, 2.05) is 36.4 Å². The fourth-order valence-electron chi connectivity index (χ4n) is 3.19. The minimum atomic E-state index is -0.145. The van der Waals surface area contributed by atoms with Crippen molar-refractivity contribution in [1.29, 1.82) is 0 Å². The van der Waals surface area contributed by atoms with Crippen LogP contribution in [0.1, 0.15) is 65.5 Å². The Morgan fingerprint density at radius 2 is 1.57 bits per heavy atom. The predicted octanol–water partition coefficient (Wildman–Crippen LogP) is 6.02. The molecular weight excluding hydrogens is 346 g/mol. The van der Waals surface area contributed by atoms with Crippen LogP contribution in [-0.4, -0.2) is 20.1 Å². The SMILES string of the molecule is CCC(C)(C)c1cc(-n2ncc(-c3ccccc3)n2)c(O)c(C(C)(C)CC)c1. The maximum Gasteiger partial charge on any atom is 0.146 e. The second-order valence-electron chi connectivity index (χ2n) is 8.75. The first-order valence-corrected chi connectivity index (χ1v) is 10.1. The van der Waals surface area contributed by atoms with Gasteiger partial charge in [-0.25, -0.2) is 0 Å². The Balaban J connectivity index is 2.19. The number of hydrogen-bond donors (Lipinski definition) is 1. The van der Waals surface area contributed by atoms with Crippen molar-refractivity contribution >= 4 is 0 Å². The molecule has 1 aromatic heterocycles. The molecule has 148 valence electrons. The van der Waals surface area contributed by atoms with Gasteiger partial charge in [0.05, 0.1) is 6.20 Å². The Kier molecular flexibility index (Phi) is 5.33. The molecule has 0 fully saturated rings. The summed E-state index contributed by atoms with van der Waals surface area (Å²) < 4.78 is 0. The van der Waals surface area contributed by atoms with Gasteiger partial charge in [-0.1, -0.05) is 77.9 Å². The van der Waals surface area contributed by atoms with Crippen molar-refractivity contribution in [3.8, 4) is 22.7 Å². The molecule has 0 unspecified atom stereocenters. The Morgan fingerprint density at radius 3 is 2.18 bits per heavy atom.